The highest BCUT2D eigenvalue weighted by Crippen LogP contribution is 2.16. The molecule has 0 saturated carbocycles. The summed E-state index contributed by atoms with van der Waals surface area (Å²) in [5.41, 5.74) is 2.87. The lowest BCUT2D eigenvalue weighted by atomic mass is 10.2. The first-order valence-corrected chi connectivity index (χ1v) is 7.87. The molecule has 0 spiro atoms. The number of thioether (sulfide) groups is 1. The van der Waals surface area contributed by atoms with Crippen LogP contribution in [0.3, 0.4) is 0 Å². The molecular weight excluding hydrogens is 275 g/mol. The Kier molecular flexibility index (Phi) is 4.03. The van der Waals surface area contributed by atoms with Crippen molar-refractivity contribution in [1.29, 1.82) is 0 Å². The summed E-state index contributed by atoms with van der Waals surface area (Å²) in [6.07, 6.45) is 0. The molecule has 0 amide bonds. The zero-order chi connectivity index (χ0) is 13.9. The van der Waals surface area contributed by atoms with Gasteiger partial charge in [0.25, 0.3) is 0 Å². The molecule has 0 radical (unpaired) electrons. The fourth-order valence-corrected chi connectivity index (χ4v) is 3.28. The zero-order valence-electron chi connectivity index (χ0n) is 11.4. The molecule has 1 aliphatic rings. The highest BCUT2D eigenvalue weighted by molar-refractivity contribution is 7.99. The molecule has 0 bridgehead atoms. The molecule has 106 valence electrons. The average molecular weight is 292 g/mol. The van der Waals surface area contributed by atoms with Gasteiger partial charge in [-0.2, -0.15) is 11.8 Å². The first-order valence-electron chi connectivity index (χ1n) is 6.71. The van der Waals surface area contributed by atoms with E-state index in [1.165, 1.54) is 23.6 Å². The predicted octanol–water partition coefficient (Wildman–Crippen LogP) is 2.26. The number of aromatic nitrogens is 3. The van der Waals surface area contributed by atoms with Crippen molar-refractivity contribution in [1.82, 2.24) is 19.9 Å². The number of rotatable bonds is 3. The van der Waals surface area contributed by atoms with E-state index in [0.29, 0.717) is 0 Å². The maximum absolute atomic E-state index is 13.0. The van der Waals surface area contributed by atoms with E-state index in [4.69, 9.17) is 0 Å². The van der Waals surface area contributed by atoms with Crippen LogP contribution < -0.4 is 0 Å². The molecule has 6 heteroatoms. The minimum atomic E-state index is -0.238. The SMILES string of the molecule is Cc1c(CN2CCSCC2)nnn1-c1ccc(F)cc1. The third kappa shape index (κ3) is 2.86. The summed E-state index contributed by atoms with van der Waals surface area (Å²) in [6.45, 7) is 5.06. The summed E-state index contributed by atoms with van der Waals surface area (Å²) in [7, 11) is 0. The lowest BCUT2D eigenvalue weighted by Crippen LogP contribution is -2.32. The van der Waals surface area contributed by atoms with E-state index in [9.17, 15) is 4.39 Å². The fraction of sp³-hybridized carbons (Fsp3) is 0.429. The van der Waals surface area contributed by atoms with Crippen molar-refractivity contribution < 1.29 is 4.39 Å². The number of benzene rings is 1. The summed E-state index contributed by atoms with van der Waals surface area (Å²) in [4.78, 5) is 2.41. The summed E-state index contributed by atoms with van der Waals surface area (Å²) in [5, 5.41) is 8.47. The van der Waals surface area contributed by atoms with Crippen molar-refractivity contribution in [3.8, 4) is 5.69 Å². The molecule has 0 atom stereocenters. The van der Waals surface area contributed by atoms with Crippen molar-refractivity contribution in [2.24, 2.45) is 0 Å². The third-order valence-corrected chi connectivity index (χ3v) is 4.48. The van der Waals surface area contributed by atoms with Crippen LogP contribution in [0.1, 0.15) is 11.4 Å². The monoisotopic (exact) mass is 292 g/mol. The Morgan fingerprint density at radius 2 is 1.90 bits per heavy atom. The van der Waals surface area contributed by atoms with E-state index in [1.807, 2.05) is 18.7 Å². The first-order chi connectivity index (χ1) is 9.74. The van der Waals surface area contributed by atoms with Crippen LogP contribution in [0.25, 0.3) is 5.69 Å². The Morgan fingerprint density at radius 1 is 1.20 bits per heavy atom. The molecule has 2 heterocycles. The second kappa shape index (κ2) is 5.93. The number of nitrogens with zero attached hydrogens (tertiary/aromatic N) is 4. The molecule has 1 aromatic carbocycles. The summed E-state index contributed by atoms with van der Waals surface area (Å²) < 4.78 is 14.7. The molecule has 1 fully saturated rings. The predicted molar refractivity (Wildman–Crippen MR) is 78.7 cm³/mol. The fourth-order valence-electron chi connectivity index (χ4n) is 2.31. The van der Waals surface area contributed by atoms with Gasteiger partial charge in [0.15, 0.2) is 0 Å². The molecule has 0 unspecified atom stereocenters. The van der Waals surface area contributed by atoms with E-state index in [-0.39, 0.29) is 5.82 Å². The maximum Gasteiger partial charge on any atom is 0.123 e. The van der Waals surface area contributed by atoms with E-state index >= 15 is 0 Å². The van der Waals surface area contributed by atoms with Crippen molar-refractivity contribution in [3.63, 3.8) is 0 Å². The van der Waals surface area contributed by atoms with Gasteiger partial charge in [-0.3, -0.25) is 4.90 Å². The van der Waals surface area contributed by atoms with Crippen molar-refractivity contribution in [2.75, 3.05) is 24.6 Å². The standard InChI is InChI=1S/C14H17FN4S/c1-11-14(10-18-6-8-20-9-7-18)16-17-19(11)13-4-2-12(15)3-5-13/h2-5H,6-10H2,1H3. The zero-order valence-corrected chi connectivity index (χ0v) is 12.2. The summed E-state index contributed by atoms with van der Waals surface area (Å²) >= 11 is 2.00. The first kappa shape index (κ1) is 13.6. The topological polar surface area (TPSA) is 34.0 Å². The van der Waals surface area contributed by atoms with E-state index in [2.05, 4.69) is 15.2 Å². The van der Waals surface area contributed by atoms with Crippen molar-refractivity contribution >= 4 is 11.8 Å². The van der Waals surface area contributed by atoms with E-state index < -0.39 is 0 Å². The van der Waals surface area contributed by atoms with Crippen LogP contribution in [0, 0.1) is 12.7 Å². The van der Waals surface area contributed by atoms with Gasteiger partial charge in [-0.15, -0.1) is 5.10 Å². The maximum atomic E-state index is 13.0. The molecule has 1 aromatic heterocycles. The Balaban J connectivity index is 1.79. The van der Waals surface area contributed by atoms with Crippen LogP contribution in [0.2, 0.25) is 0 Å². The Morgan fingerprint density at radius 3 is 2.60 bits per heavy atom. The van der Waals surface area contributed by atoms with Crippen LogP contribution in [0.5, 0.6) is 0 Å². The van der Waals surface area contributed by atoms with Gasteiger partial charge < -0.3 is 0 Å². The van der Waals surface area contributed by atoms with E-state index in [0.717, 1.165) is 36.7 Å². The van der Waals surface area contributed by atoms with Gasteiger partial charge >= 0.3 is 0 Å². The highest BCUT2D eigenvalue weighted by atomic mass is 32.2. The molecule has 20 heavy (non-hydrogen) atoms. The van der Waals surface area contributed by atoms with Crippen molar-refractivity contribution in [2.45, 2.75) is 13.5 Å². The number of hydrogen-bond acceptors (Lipinski definition) is 4. The smallest absolute Gasteiger partial charge is 0.123 e. The van der Waals surface area contributed by atoms with Crippen molar-refractivity contribution in [3.05, 3.63) is 41.5 Å². The summed E-state index contributed by atoms with van der Waals surface area (Å²) in [5.74, 6) is 2.13. The molecule has 0 aliphatic carbocycles. The van der Waals surface area contributed by atoms with Gasteiger partial charge in [0.2, 0.25) is 0 Å². The lowest BCUT2D eigenvalue weighted by molar-refractivity contribution is 0.290. The molecule has 2 aromatic rings. The third-order valence-electron chi connectivity index (χ3n) is 3.54. The van der Waals surface area contributed by atoms with Crippen LogP contribution in [0.15, 0.2) is 24.3 Å². The van der Waals surface area contributed by atoms with Gasteiger partial charge in [0.05, 0.1) is 11.4 Å². The highest BCUT2D eigenvalue weighted by Gasteiger charge is 2.16. The Hall–Kier alpha value is -1.40. The second-order valence-electron chi connectivity index (χ2n) is 4.90. The van der Waals surface area contributed by atoms with Crippen LogP contribution in [-0.4, -0.2) is 44.5 Å². The van der Waals surface area contributed by atoms with Gasteiger partial charge in [-0.05, 0) is 31.2 Å². The quantitative estimate of drug-likeness (QED) is 0.869. The van der Waals surface area contributed by atoms with Crippen LogP contribution in [0.4, 0.5) is 4.39 Å². The molecule has 1 saturated heterocycles. The lowest BCUT2D eigenvalue weighted by Gasteiger charge is -2.25. The summed E-state index contributed by atoms with van der Waals surface area (Å²) in [6, 6.07) is 6.33. The molecule has 1 aliphatic heterocycles. The molecular formula is C14H17FN4S. The number of hydrogen-bond donors (Lipinski definition) is 0. The van der Waals surface area contributed by atoms with Crippen LogP contribution >= 0.6 is 11.8 Å². The Labute approximate surface area is 122 Å². The van der Waals surface area contributed by atoms with Gasteiger partial charge in [-0.1, -0.05) is 5.21 Å². The molecule has 3 rings (SSSR count). The Bertz CT molecular complexity index is 575. The minimum absolute atomic E-state index is 0.238. The molecule has 4 nitrogen and oxygen atoms in total. The largest absolute Gasteiger partial charge is 0.296 e. The van der Waals surface area contributed by atoms with Gasteiger partial charge in [0.1, 0.15) is 11.5 Å². The molecule has 0 N–H and O–H groups in total. The normalized spacial score (nSPS) is 16.5. The van der Waals surface area contributed by atoms with Gasteiger partial charge in [0, 0.05) is 31.1 Å². The average Bonchev–Trinajstić information content (AvgIpc) is 2.83. The van der Waals surface area contributed by atoms with E-state index in [1.54, 1.807) is 16.8 Å². The minimum Gasteiger partial charge on any atom is -0.296 e. The van der Waals surface area contributed by atoms with Crippen LogP contribution in [-0.2, 0) is 6.54 Å². The number of halogens is 1. The second-order valence-corrected chi connectivity index (χ2v) is 6.12. The van der Waals surface area contributed by atoms with Gasteiger partial charge in [-0.25, -0.2) is 9.07 Å².